The van der Waals surface area contributed by atoms with Crippen molar-refractivity contribution in [1.82, 2.24) is 13.5 Å². The van der Waals surface area contributed by atoms with Crippen LogP contribution in [0.3, 0.4) is 0 Å². The predicted molar refractivity (Wildman–Crippen MR) is 99.4 cm³/mol. The average Bonchev–Trinajstić information content (AvgIpc) is 2.61. The van der Waals surface area contributed by atoms with Crippen molar-refractivity contribution in [3.05, 3.63) is 34.9 Å². The smallest absolute Gasteiger partial charge is 0.282 e. The topological polar surface area (TPSA) is 70.2 Å². The van der Waals surface area contributed by atoms with E-state index in [1.165, 1.54) is 8.61 Å². The van der Waals surface area contributed by atoms with Gasteiger partial charge in [0.05, 0.1) is 22.8 Å². The van der Waals surface area contributed by atoms with Crippen LogP contribution in [0.1, 0.15) is 24.2 Å². The number of benzene rings is 1. The van der Waals surface area contributed by atoms with Gasteiger partial charge < -0.3 is 9.64 Å². The second kappa shape index (κ2) is 7.82. The van der Waals surface area contributed by atoms with E-state index in [2.05, 4.69) is 0 Å². The van der Waals surface area contributed by atoms with Crippen molar-refractivity contribution in [3.63, 3.8) is 0 Å². The minimum atomic E-state index is -3.55. The second-order valence-electron chi connectivity index (χ2n) is 6.75. The summed E-state index contributed by atoms with van der Waals surface area (Å²) in [5.41, 5.74) is 0.446. The summed E-state index contributed by atoms with van der Waals surface area (Å²) in [5, 5.41) is 0.406. The van der Waals surface area contributed by atoms with E-state index < -0.39 is 10.2 Å². The van der Waals surface area contributed by atoms with Crippen molar-refractivity contribution in [2.45, 2.75) is 26.1 Å². The van der Waals surface area contributed by atoms with Crippen LogP contribution in [0.15, 0.2) is 24.3 Å². The molecule has 2 aliphatic heterocycles. The van der Waals surface area contributed by atoms with Crippen molar-refractivity contribution in [1.29, 1.82) is 0 Å². The number of carbonyl (C=O) groups is 1. The predicted octanol–water partition coefficient (Wildman–Crippen LogP) is 1.45. The highest BCUT2D eigenvalue weighted by molar-refractivity contribution is 7.86. The van der Waals surface area contributed by atoms with Gasteiger partial charge in [-0.3, -0.25) is 4.79 Å². The highest BCUT2D eigenvalue weighted by Gasteiger charge is 2.37. The van der Waals surface area contributed by atoms with E-state index >= 15 is 0 Å². The molecular weight excluding hydrogens is 378 g/mol. The summed E-state index contributed by atoms with van der Waals surface area (Å²) < 4.78 is 34.4. The van der Waals surface area contributed by atoms with Crippen LogP contribution in [-0.4, -0.2) is 79.3 Å². The van der Waals surface area contributed by atoms with Crippen molar-refractivity contribution in [2.24, 2.45) is 0 Å². The molecule has 0 saturated carbocycles. The number of rotatable bonds is 3. The number of halogens is 1. The second-order valence-corrected chi connectivity index (χ2v) is 9.09. The molecule has 0 N–H and O–H groups in total. The number of carbonyl (C=O) groups excluding carboxylic acids is 1. The van der Waals surface area contributed by atoms with E-state index in [1.54, 1.807) is 29.2 Å². The average molecular weight is 402 g/mol. The monoisotopic (exact) mass is 401 g/mol. The molecule has 0 spiro atoms. The zero-order chi connectivity index (χ0) is 18.9. The van der Waals surface area contributed by atoms with E-state index in [-0.39, 0.29) is 31.2 Å². The summed E-state index contributed by atoms with van der Waals surface area (Å²) in [6, 6.07) is 6.90. The SMILES string of the molecule is C[C@H]1CN(S(=O)(=O)N2CCN(C(=O)c3ccccc3Cl)CC2)C[C@H](C)O1. The van der Waals surface area contributed by atoms with Gasteiger partial charge in [-0.1, -0.05) is 23.7 Å². The maximum absolute atomic E-state index is 12.9. The Bertz CT molecular complexity index is 755. The van der Waals surface area contributed by atoms with Crippen LogP contribution in [0.25, 0.3) is 0 Å². The molecule has 2 saturated heterocycles. The molecule has 7 nitrogen and oxygen atoms in total. The Balaban J connectivity index is 1.64. The van der Waals surface area contributed by atoms with Crippen molar-refractivity contribution in [3.8, 4) is 0 Å². The van der Waals surface area contributed by atoms with Gasteiger partial charge in [0.1, 0.15) is 0 Å². The fraction of sp³-hybridized carbons (Fsp3) is 0.588. The molecule has 3 rings (SSSR count). The minimum absolute atomic E-state index is 0.128. The summed E-state index contributed by atoms with van der Waals surface area (Å²) in [6.45, 7) is 5.70. The van der Waals surface area contributed by atoms with E-state index in [0.29, 0.717) is 36.8 Å². The van der Waals surface area contributed by atoms with Gasteiger partial charge in [0.25, 0.3) is 16.1 Å². The number of morpholine rings is 1. The molecule has 2 fully saturated rings. The lowest BCUT2D eigenvalue weighted by molar-refractivity contribution is -0.0457. The van der Waals surface area contributed by atoms with E-state index in [4.69, 9.17) is 16.3 Å². The van der Waals surface area contributed by atoms with Crippen LogP contribution < -0.4 is 0 Å². The third kappa shape index (κ3) is 4.04. The van der Waals surface area contributed by atoms with Crippen LogP contribution in [0.5, 0.6) is 0 Å². The van der Waals surface area contributed by atoms with Crippen molar-refractivity contribution in [2.75, 3.05) is 39.3 Å². The molecule has 0 radical (unpaired) electrons. The minimum Gasteiger partial charge on any atom is -0.373 e. The number of hydrogen-bond acceptors (Lipinski definition) is 4. The third-order valence-corrected chi connectivity index (χ3v) is 6.97. The Labute approximate surface area is 159 Å². The number of amides is 1. The van der Waals surface area contributed by atoms with E-state index in [1.807, 2.05) is 13.8 Å². The first-order valence-electron chi connectivity index (χ1n) is 8.73. The van der Waals surface area contributed by atoms with Gasteiger partial charge in [-0.05, 0) is 26.0 Å². The fourth-order valence-corrected chi connectivity index (χ4v) is 5.37. The standard InChI is InChI=1S/C17H24ClN3O4S/c1-13-11-21(12-14(2)25-13)26(23,24)20-9-7-19(8-10-20)17(22)15-5-3-4-6-16(15)18/h3-6,13-14H,7-12H2,1-2H3/t13-,14-/m0/s1. The highest BCUT2D eigenvalue weighted by atomic mass is 35.5. The van der Waals surface area contributed by atoms with Gasteiger partial charge >= 0.3 is 0 Å². The van der Waals surface area contributed by atoms with E-state index in [9.17, 15) is 13.2 Å². The molecule has 1 aromatic rings. The van der Waals surface area contributed by atoms with Gasteiger partial charge in [-0.2, -0.15) is 17.0 Å². The Hall–Kier alpha value is -1.19. The van der Waals surface area contributed by atoms with Gasteiger partial charge in [0.2, 0.25) is 0 Å². The third-order valence-electron chi connectivity index (χ3n) is 4.67. The van der Waals surface area contributed by atoms with Gasteiger partial charge in [0.15, 0.2) is 0 Å². The first-order valence-corrected chi connectivity index (χ1v) is 10.5. The van der Waals surface area contributed by atoms with Gasteiger partial charge in [-0.15, -0.1) is 0 Å². The number of ether oxygens (including phenoxy) is 1. The summed E-state index contributed by atoms with van der Waals surface area (Å²) >= 11 is 6.10. The molecule has 2 heterocycles. The lowest BCUT2D eigenvalue weighted by Gasteiger charge is -2.40. The molecule has 26 heavy (non-hydrogen) atoms. The summed E-state index contributed by atoms with van der Waals surface area (Å²) in [4.78, 5) is 14.3. The van der Waals surface area contributed by atoms with Crippen LogP contribution in [-0.2, 0) is 14.9 Å². The van der Waals surface area contributed by atoms with Gasteiger partial charge in [-0.25, -0.2) is 0 Å². The van der Waals surface area contributed by atoms with Crippen LogP contribution in [0.2, 0.25) is 5.02 Å². The number of hydrogen-bond donors (Lipinski definition) is 0. The largest absolute Gasteiger partial charge is 0.373 e. The molecular formula is C17H24ClN3O4S. The Kier molecular flexibility index (Phi) is 5.88. The highest BCUT2D eigenvalue weighted by Crippen LogP contribution is 2.21. The molecule has 0 aromatic heterocycles. The molecule has 9 heteroatoms. The number of nitrogens with zero attached hydrogens (tertiary/aromatic N) is 3. The molecule has 0 unspecified atom stereocenters. The molecule has 0 aliphatic carbocycles. The summed E-state index contributed by atoms with van der Waals surface area (Å²) in [7, 11) is -3.55. The maximum Gasteiger partial charge on any atom is 0.282 e. The Morgan fingerprint density at radius 1 is 1.04 bits per heavy atom. The first kappa shape index (κ1) is 19.6. The quantitative estimate of drug-likeness (QED) is 0.768. The fourth-order valence-electron chi connectivity index (χ4n) is 3.41. The Morgan fingerprint density at radius 3 is 2.19 bits per heavy atom. The van der Waals surface area contributed by atoms with Crippen LogP contribution >= 0.6 is 11.6 Å². The molecule has 1 amide bonds. The zero-order valence-electron chi connectivity index (χ0n) is 15.0. The van der Waals surface area contributed by atoms with Crippen molar-refractivity contribution < 1.29 is 17.9 Å². The first-order chi connectivity index (χ1) is 12.3. The van der Waals surface area contributed by atoms with Gasteiger partial charge in [0, 0.05) is 39.3 Å². The molecule has 0 bridgehead atoms. The van der Waals surface area contributed by atoms with Crippen LogP contribution in [0, 0.1) is 0 Å². The summed E-state index contributed by atoms with van der Waals surface area (Å²) in [5.74, 6) is -0.165. The van der Waals surface area contributed by atoms with Crippen molar-refractivity contribution >= 4 is 27.7 Å². The molecule has 2 aliphatic rings. The molecule has 2 atom stereocenters. The Morgan fingerprint density at radius 2 is 1.62 bits per heavy atom. The normalized spacial score (nSPS) is 26.0. The summed E-state index contributed by atoms with van der Waals surface area (Å²) in [6.07, 6.45) is -0.256. The molecule has 1 aromatic carbocycles. The van der Waals surface area contributed by atoms with Crippen LogP contribution in [0.4, 0.5) is 0 Å². The van der Waals surface area contributed by atoms with E-state index in [0.717, 1.165) is 0 Å². The maximum atomic E-state index is 12.9. The zero-order valence-corrected chi connectivity index (χ0v) is 16.5. The lowest BCUT2D eigenvalue weighted by Crippen LogP contribution is -2.57. The number of piperazine rings is 1. The lowest BCUT2D eigenvalue weighted by atomic mass is 10.2. The molecule has 144 valence electrons.